The van der Waals surface area contributed by atoms with Crippen LogP contribution in [0.3, 0.4) is 0 Å². The van der Waals surface area contributed by atoms with Crippen LogP contribution in [-0.2, 0) is 4.74 Å². The molecule has 2 fully saturated rings. The third kappa shape index (κ3) is 3.73. The fourth-order valence-electron chi connectivity index (χ4n) is 4.22. The van der Waals surface area contributed by atoms with E-state index in [1.165, 1.54) is 0 Å². The number of carbonyl (C=O) groups is 2. The van der Waals surface area contributed by atoms with Gasteiger partial charge in [-0.1, -0.05) is 13.3 Å². The number of hydrogen-bond donors (Lipinski definition) is 1. The van der Waals surface area contributed by atoms with Crippen LogP contribution in [-0.4, -0.2) is 58.1 Å². The number of carbonyl (C=O) groups excluding carboxylic acids is 2. The van der Waals surface area contributed by atoms with E-state index in [9.17, 15) is 14.4 Å². The second kappa shape index (κ2) is 7.37. The maximum atomic E-state index is 12.9. The molecule has 2 saturated heterocycles. The summed E-state index contributed by atoms with van der Waals surface area (Å²) in [5, 5.41) is 0. The minimum Gasteiger partial charge on any atom is -0.441 e. The number of hydrogen-bond acceptors (Lipinski definition) is 4. The van der Waals surface area contributed by atoms with Gasteiger partial charge in [-0.3, -0.25) is 9.59 Å². The molecule has 148 valence electrons. The molecule has 1 unspecified atom stereocenters. The summed E-state index contributed by atoms with van der Waals surface area (Å²) in [6, 6.07) is 1.97. The van der Waals surface area contributed by atoms with Crippen molar-refractivity contribution in [3.8, 4) is 0 Å². The zero-order valence-corrected chi connectivity index (χ0v) is 16.6. The number of piperidine rings is 1. The van der Waals surface area contributed by atoms with Gasteiger partial charge >= 0.3 is 6.09 Å². The number of amides is 2. The number of aryl methyl sites for hydroxylation is 2. The number of nitrogens with zero attached hydrogens (tertiary/aromatic N) is 2. The number of pyridine rings is 1. The second-order valence-electron chi connectivity index (χ2n) is 7.95. The summed E-state index contributed by atoms with van der Waals surface area (Å²) in [5.74, 6) is -0.246. The third-order valence-electron chi connectivity index (χ3n) is 5.78. The van der Waals surface area contributed by atoms with E-state index >= 15 is 0 Å². The lowest BCUT2D eigenvalue weighted by molar-refractivity contribution is 0.00300. The maximum Gasteiger partial charge on any atom is 0.410 e. The molecule has 0 radical (unpaired) electrons. The molecule has 0 aliphatic carbocycles. The van der Waals surface area contributed by atoms with Crippen LogP contribution in [0.25, 0.3) is 0 Å². The number of aromatic amines is 1. The molecule has 1 N–H and O–H groups in total. The number of H-pyrrole nitrogens is 1. The molecule has 3 rings (SSSR count). The first-order valence-corrected chi connectivity index (χ1v) is 9.76. The zero-order chi connectivity index (χ0) is 19.8. The Morgan fingerprint density at radius 2 is 1.96 bits per heavy atom. The van der Waals surface area contributed by atoms with Crippen molar-refractivity contribution in [1.82, 2.24) is 14.8 Å². The first-order chi connectivity index (χ1) is 12.8. The zero-order valence-electron chi connectivity index (χ0n) is 16.6. The van der Waals surface area contributed by atoms with Gasteiger partial charge in [0, 0.05) is 37.7 Å². The Labute approximate surface area is 159 Å². The second-order valence-corrected chi connectivity index (χ2v) is 7.95. The van der Waals surface area contributed by atoms with Crippen LogP contribution < -0.4 is 5.56 Å². The average molecular weight is 375 g/mol. The molecule has 27 heavy (non-hydrogen) atoms. The molecule has 0 saturated carbocycles. The molecule has 1 spiro atoms. The highest BCUT2D eigenvalue weighted by atomic mass is 16.6. The summed E-state index contributed by atoms with van der Waals surface area (Å²) in [4.78, 5) is 43.6. The van der Waals surface area contributed by atoms with Crippen LogP contribution in [0.4, 0.5) is 4.79 Å². The normalized spacial score (nSPS) is 20.1. The highest BCUT2D eigenvalue weighted by Gasteiger charge is 2.48. The van der Waals surface area contributed by atoms with E-state index in [2.05, 4.69) is 18.8 Å². The lowest BCUT2D eigenvalue weighted by Gasteiger charge is -2.37. The molecular formula is C20H29N3O4. The lowest BCUT2D eigenvalue weighted by atomic mass is 9.90. The molecule has 0 aromatic carbocycles. The predicted molar refractivity (Wildman–Crippen MR) is 102 cm³/mol. The molecule has 3 heterocycles. The van der Waals surface area contributed by atoms with Gasteiger partial charge in [0.2, 0.25) is 0 Å². The van der Waals surface area contributed by atoms with Gasteiger partial charge in [0.15, 0.2) is 0 Å². The average Bonchev–Trinajstić information content (AvgIpc) is 2.91. The van der Waals surface area contributed by atoms with E-state index in [1.54, 1.807) is 18.7 Å². The summed E-state index contributed by atoms with van der Waals surface area (Å²) < 4.78 is 5.75. The number of likely N-dealkylation sites (tertiary alicyclic amines) is 1. The van der Waals surface area contributed by atoms with Gasteiger partial charge < -0.3 is 19.5 Å². The van der Waals surface area contributed by atoms with Gasteiger partial charge in [0.05, 0.1) is 6.54 Å². The third-order valence-corrected chi connectivity index (χ3v) is 5.78. The fraction of sp³-hybridized carbons (Fsp3) is 0.650. The van der Waals surface area contributed by atoms with Crippen LogP contribution >= 0.6 is 0 Å². The largest absolute Gasteiger partial charge is 0.441 e. The number of aromatic nitrogens is 1. The van der Waals surface area contributed by atoms with E-state index in [0.29, 0.717) is 38.0 Å². The predicted octanol–water partition coefficient (Wildman–Crippen LogP) is 2.61. The Bertz CT molecular complexity index is 793. The van der Waals surface area contributed by atoms with Crippen molar-refractivity contribution in [2.75, 3.05) is 19.6 Å². The Kier molecular flexibility index (Phi) is 5.31. The minimum absolute atomic E-state index is 0.162. The van der Waals surface area contributed by atoms with Gasteiger partial charge in [0.25, 0.3) is 11.5 Å². The Morgan fingerprint density at radius 3 is 2.56 bits per heavy atom. The fourth-order valence-corrected chi connectivity index (χ4v) is 4.22. The van der Waals surface area contributed by atoms with Crippen LogP contribution in [0, 0.1) is 13.8 Å². The SMILES string of the molecule is CCCC(C)N1CC2(CCN(C(=O)c3c(C)cc(C)[nH]c3=O)CC2)OC1=O. The molecule has 2 aliphatic rings. The van der Waals surface area contributed by atoms with Crippen LogP contribution in [0.5, 0.6) is 0 Å². The molecule has 7 nitrogen and oxygen atoms in total. The van der Waals surface area contributed by atoms with E-state index in [4.69, 9.17) is 4.74 Å². The van der Waals surface area contributed by atoms with Crippen molar-refractivity contribution in [2.24, 2.45) is 0 Å². The summed E-state index contributed by atoms with van der Waals surface area (Å²) in [6.45, 7) is 9.28. The molecule has 2 aliphatic heterocycles. The van der Waals surface area contributed by atoms with Gasteiger partial charge in [0.1, 0.15) is 11.2 Å². The van der Waals surface area contributed by atoms with Crippen molar-refractivity contribution in [1.29, 1.82) is 0 Å². The Balaban J connectivity index is 1.68. The van der Waals surface area contributed by atoms with Gasteiger partial charge in [-0.15, -0.1) is 0 Å². The van der Waals surface area contributed by atoms with Crippen molar-refractivity contribution in [3.63, 3.8) is 0 Å². The van der Waals surface area contributed by atoms with Crippen LogP contribution in [0.15, 0.2) is 10.9 Å². The summed E-state index contributed by atoms with van der Waals surface area (Å²) >= 11 is 0. The molecule has 1 atom stereocenters. The van der Waals surface area contributed by atoms with Crippen molar-refractivity contribution < 1.29 is 14.3 Å². The smallest absolute Gasteiger partial charge is 0.410 e. The summed E-state index contributed by atoms with van der Waals surface area (Å²) in [7, 11) is 0. The Morgan fingerprint density at radius 1 is 1.30 bits per heavy atom. The van der Waals surface area contributed by atoms with Crippen molar-refractivity contribution in [2.45, 2.75) is 65.0 Å². The molecule has 1 aromatic heterocycles. The highest BCUT2D eigenvalue weighted by molar-refractivity contribution is 5.95. The van der Waals surface area contributed by atoms with E-state index < -0.39 is 5.60 Å². The van der Waals surface area contributed by atoms with E-state index in [0.717, 1.165) is 18.5 Å². The summed E-state index contributed by atoms with van der Waals surface area (Å²) in [6.07, 6.45) is 2.92. The Hall–Kier alpha value is -2.31. The first kappa shape index (κ1) is 19.5. The lowest BCUT2D eigenvalue weighted by Crippen LogP contribution is -2.50. The number of rotatable bonds is 4. The van der Waals surface area contributed by atoms with E-state index in [-0.39, 0.29) is 29.2 Å². The number of ether oxygens (including phenoxy) is 1. The number of nitrogens with one attached hydrogen (secondary N) is 1. The van der Waals surface area contributed by atoms with Crippen molar-refractivity contribution >= 4 is 12.0 Å². The van der Waals surface area contributed by atoms with Crippen LogP contribution in [0.1, 0.15) is 61.1 Å². The van der Waals surface area contributed by atoms with Crippen LogP contribution in [0.2, 0.25) is 0 Å². The van der Waals surface area contributed by atoms with Crippen molar-refractivity contribution in [3.05, 3.63) is 33.2 Å². The topological polar surface area (TPSA) is 82.7 Å². The van der Waals surface area contributed by atoms with Gasteiger partial charge in [-0.25, -0.2) is 4.79 Å². The quantitative estimate of drug-likeness (QED) is 0.877. The molecule has 7 heteroatoms. The monoisotopic (exact) mass is 375 g/mol. The standard InChI is InChI=1S/C20H29N3O4/c1-5-6-15(4)23-12-20(27-19(23)26)7-9-22(10-8-20)18(25)16-13(2)11-14(3)21-17(16)24/h11,15H,5-10,12H2,1-4H3,(H,21,24). The van der Waals surface area contributed by atoms with E-state index in [1.807, 2.05) is 11.0 Å². The summed E-state index contributed by atoms with van der Waals surface area (Å²) in [5.41, 5.74) is 0.784. The van der Waals surface area contributed by atoms with Gasteiger partial charge in [-0.2, -0.15) is 0 Å². The molecule has 0 bridgehead atoms. The first-order valence-electron chi connectivity index (χ1n) is 9.76. The highest BCUT2D eigenvalue weighted by Crippen LogP contribution is 2.35. The molecule has 1 aromatic rings. The molecule has 2 amide bonds. The maximum absolute atomic E-state index is 12.9. The van der Waals surface area contributed by atoms with Gasteiger partial charge in [-0.05, 0) is 38.8 Å². The molecular weight excluding hydrogens is 346 g/mol. The minimum atomic E-state index is -0.509.